The number of nitrogens with one attached hydrogen (secondary N) is 1. The van der Waals surface area contributed by atoms with E-state index >= 15 is 0 Å². The second kappa shape index (κ2) is 12.3. The summed E-state index contributed by atoms with van der Waals surface area (Å²) in [5.74, 6) is -1.25. The fraction of sp³-hybridized carbons (Fsp3) is 0.429. The Morgan fingerprint density at radius 3 is 2.50 bits per heavy atom. The van der Waals surface area contributed by atoms with Crippen molar-refractivity contribution in [2.75, 3.05) is 11.8 Å². The smallest absolute Gasteiger partial charge is 0.338 e. The maximum Gasteiger partial charge on any atom is 0.338 e. The Hall–Kier alpha value is -2.98. The highest BCUT2D eigenvalue weighted by atomic mass is 32.2. The van der Waals surface area contributed by atoms with E-state index in [9.17, 15) is 17.6 Å². The van der Waals surface area contributed by atoms with Crippen LogP contribution in [0.2, 0.25) is 0 Å². The van der Waals surface area contributed by atoms with Crippen LogP contribution < -0.4 is 9.46 Å². The molecule has 1 fully saturated rings. The van der Waals surface area contributed by atoms with Gasteiger partial charge >= 0.3 is 5.97 Å². The Morgan fingerprint density at radius 1 is 1.16 bits per heavy atom. The van der Waals surface area contributed by atoms with E-state index in [1.54, 1.807) is 0 Å². The summed E-state index contributed by atoms with van der Waals surface area (Å²) in [4.78, 5) is 15.5. The number of hydrogen-bond acceptors (Lipinski definition) is 6. The molecule has 2 aromatic carbocycles. The summed E-state index contributed by atoms with van der Waals surface area (Å²) in [5.41, 5.74) is 1.32. The van der Waals surface area contributed by atoms with Gasteiger partial charge in [0, 0.05) is 11.6 Å². The SMILES string of the molecule is CCCCC[C@H]1CC[C@H](c2ccc(-c3ncc(S(=O)(=O)Nc4cc(F)c(C(=O)O)cc4OC)s3)cc2)CC1. The number of unbranched alkanes of at least 4 members (excludes halogenated alkanes) is 2. The second-order valence-corrected chi connectivity index (χ2v) is 12.7. The van der Waals surface area contributed by atoms with Crippen LogP contribution in [0.1, 0.15) is 80.1 Å². The minimum atomic E-state index is -4.11. The van der Waals surface area contributed by atoms with Crippen LogP contribution in [0.3, 0.4) is 0 Å². The van der Waals surface area contributed by atoms with Gasteiger partial charge in [0.15, 0.2) is 4.21 Å². The molecule has 10 heteroatoms. The molecule has 3 aromatic rings. The molecule has 1 heterocycles. The first kappa shape index (κ1) is 28.0. The van der Waals surface area contributed by atoms with Crippen molar-refractivity contribution in [1.82, 2.24) is 4.98 Å². The molecule has 1 saturated carbocycles. The highest BCUT2D eigenvalue weighted by Gasteiger charge is 2.24. The average molecular weight is 561 g/mol. The molecule has 1 aliphatic rings. The van der Waals surface area contributed by atoms with Crippen molar-refractivity contribution in [1.29, 1.82) is 0 Å². The zero-order chi connectivity index (χ0) is 27.3. The summed E-state index contributed by atoms with van der Waals surface area (Å²) in [6, 6.07) is 9.92. The van der Waals surface area contributed by atoms with Gasteiger partial charge in [-0.25, -0.2) is 22.6 Å². The third kappa shape index (κ3) is 6.53. The number of nitrogens with zero attached hydrogens (tertiary/aromatic N) is 1. The number of carboxylic acid groups (broad SMARTS) is 1. The van der Waals surface area contributed by atoms with Crippen molar-refractivity contribution in [2.24, 2.45) is 5.92 Å². The number of carboxylic acids is 1. The van der Waals surface area contributed by atoms with Gasteiger partial charge in [-0.05, 0) is 49.1 Å². The van der Waals surface area contributed by atoms with E-state index in [1.165, 1.54) is 70.2 Å². The summed E-state index contributed by atoms with van der Waals surface area (Å²) in [6.07, 6.45) is 11.5. The van der Waals surface area contributed by atoms with Crippen LogP contribution in [-0.4, -0.2) is 31.6 Å². The fourth-order valence-electron chi connectivity index (χ4n) is 5.04. The van der Waals surface area contributed by atoms with Crippen molar-refractivity contribution in [3.05, 3.63) is 59.5 Å². The van der Waals surface area contributed by atoms with E-state index in [-0.39, 0.29) is 15.6 Å². The summed E-state index contributed by atoms with van der Waals surface area (Å²) < 4.78 is 47.4. The average Bonchev–Trinajstić information content (AvgIpc) is 3.41. The number of carbonyl (C=O) groups is 1. The Bertz CT molecular complexity index is 1360. The molecule has 0 unspecified atom stereocenters. The fourth-order valence-corrected chi connectivity index (χ4v) is 7.24. The predicted molar refractivity (Wildman–Crippen MR) is 147 cm³/mol. The molecule has 0 aliphatic heterocycles. The lowest BCUT2D eigenvalue weighted by Crippen LogP contribution is -2.13. The number of methoxy groups -OCH3 is 1. The third-order valence-electron chi connectivity index (χ3n) is 7.20. The lowest BCUT2D eigenvalue weighted by molar-refractivity contribution is 0.0691. The number of thiazole rings is 1. The number of halogens is 1. The molecular formula is C28H33FN2O5S2. The van der Waals surface area contributed by atoms with Gasteiger partial charge in [0.1, 0.15) is 16.6 Å². The van der Waals surface area contributed by atoms with Crippen molar-refractivity contribution in [3.8, 4) is 16.3 Å². The zero-order valence-electron chi connectivity index (χ0n) is 21.6. The monoisotopic (exact) mass is 560 g/mol. The molecule has 1 aliphatic carbocycles. The van der Waals surface area contributed by atoms with Gasteiger partial charge in [-0.15, -0.1) is 11.3 Å². The lowest BCUT2D eigenvalue weighted by Gasteiger charge is -2.29. The number of rotatable bonds is 11. The number of aromatic carboxylic acids is 1. The van der Waals surface area contributed by atoms with E-state index in [1.807, 2.05) is 12.1 Å². The van der Waals surface area contributed by atoms with Crippen LogP contribution in [0.25, 0.3) is 10.6 Å². The Balaban J connectivity index is 1.43. The molecule has 0 bridgehead atoms. The second-order valence-electron chi connectivity index (χ2n) is 9.76. The molecule has 1 aromatic heterocycles. The summed E-state index contributed by atoms with van der Waals surface area (Å²) in [5, 5.41) is 9.65. The van der Waals surface area contributed by atoms with Crippen molar-refractivity contribution in [2.45, 2.75) is 68.4 Å². The standard InChI is InChI=1S/C28H33FN2O5S2/c1-3-4-5-6-18-7-9-19(10-8-18)20-11-13-21(14-12-20)27-30-17-26(37-27)38(34,35)31-24-16-23(29)22(28(32)33)15-25(24)36-2/h11-19,31H,3-10H2,1-2H3,(H,32,33)/t18-,19-. The van der Waals surface area contributed by atoms with Gasteiger partial charge < -0.3 is 9.84 Å². The third-order valence-corrected chi connectivity index (χ3v) is 10.1. The number of anilines is 1. The Morgan fingerprint density at radius 2 is 1.87 bits per heavy atom. The van der Waals surface area contributed by atoms with Crippen LogP contribution in [0, 0.1) is 11.7 Å². The summed E-state index contributed by atoms with van der Waals surface area (Å²) >= 11 is 0.999. The molecular weight excluding hydrogens is 527 g/mol. The molecule has 0 radical (unpaired) electrons. The molecule has 38 heavy (non-hydrogen) atoms. The van der Waals surface area contributed by atoms with Gasteiger partial charge in [-0.1, -0.05) is 56.9 Å². The predicted octanol–water partition coefficient (Wildman–Crippen LogP) is 7.31. The van der Waals surface area contributed by atoms with Crippen LogP contribution >= 0.6 is 11.3 Å². The first-order valence-electron chi connectivity index (χ1n) is 12.9. The number of hydrogen-bond donors (Lipinski definition) is 2. The first-order valence-corrected chi connectivity index (χ1v) is 15.2. The van der Waals surface area contributed by atoms with E-state index in [0.717, 1.165) is 35.0 Å². The first-order chi connectivity index (χ1) is 18.2. The lowest BCUT2D eigenvalue weighted by atomic mass is 9.77. The van der Waals surface area contributed by atoms with E-state index < -0.39 is 27.4 Å². The van der Waals surface area contributed by atoms with Crippen molar-refractivity contribution in [3.63, 3.8) is 0 Å². The zero-order valence-corrected chi connectivity index (χ0v) is 23.2. The number of ether oxygens (including phenoxy) is 1. The number of sulfonamides is 1. The van der Waals surface area contributed by atoms with Gasteiger partial charge in [0.05, 0.1) is 24.6 Å². The van der Waals surface area contributed by atoms with Crippen LogP contribution in [-0.2, 0) is 10.0 Å². The minimum Gasteiger partial charge on any atom is -0.495 e. The molecule has 0 spiro atoms. The maximum absolute atomic E-state index is 14.2. The van der Waals surface area contributed by atoms with Crippen LogP contribution in [0.15, 0.2) is 46.8 Å². The molecule has 204 valence electrons. The summed E-state index contributed by atoms with van der Waals surface area (Å²) in [7, 11) is -2.87. The van der Waals surface area contributed by atoms with E-state index in [4.69, 9.17) is 9.84 Å². The van der Waals surface area contributed by atoms with Gasteiger partial charge in [0.25, 0.3) is 10.0 Å². The van der Waals surface area contributed by atoms with E-state index in [0.29, 0.717) is 10.9 Å². The van der Waals surface area contributed by atoms with Gasteiger partial charge in [-0.3, -0.25) is 4.72 Å². The normalized spacial score (nSPS) is 17.8. The maximum atomic E-state index is 14.2. The molecule has 4 rings (SSSR count). The van der Waals surface area contributed by atoms with Gasteiger partial charge in [-0.2, -0.15) is 0 Å². The Kier molecular flexibility index (Phi) is 9.04. The minimum absolute atomic E-state index is 0.0530. The largest absolute Gasteiger partial charge is 0.495 e. The molecule has 0 amide bonds. The van der Waals surface area contributed by atoms with Crippen molar-refractivity contribution >= 4 is 33.0 Å². The quantitative estimate of drug-likeness (QED) is 0.238. The van der Waals surface area contributed by atoms with Crippen LogP contribution in [0.4, 0.5) is 10.1 Å². The summed E-state index contributed by atoms with van der Waals surface area (Å²) in [6.45, 7) is 2.24. The van der Waals surface area contributed by atoms with E-state index in [2.05, 4.69) is 28.8 Å². The molecule has 0 saturated heterocycles. The van der Waals surface area contributed by atoms with Gasteiger partial charge in [0.2, 0.25) is 0 Å². The highest BCUT2D eigenvalue weighted by Crippen LogP contribution is 2.39. The molecule has 0 atom stereocenters. The Labute approximate surface area is 227 Å². The highest BCUT2D eigenvalue weighted by molar-refractivity contribution is 7.94. The molecule has 2 N–H and O–H groups in total. The topological polar surface area (TPSA) is 106 Å². The van der Waals surface area contributed by atoms with Crippen molar-refractivity contribution < 1.29 is 27.4 Å². The van der Waals surface area contributed by atoms with Crippen LogP contribution in [0.5, 0.6) is 5.75 Å². The number of benzene rings is 2. The molecule has 7 nitrogen and oxygen atoms in total. The number of aromatic nitrogens is 1.